The molecule has 2 aromatic heterocycles. The van der Waals surface area contributed by atoms with Gasteiger partial charge in [-0.25, -0.2) is 9.97 Å². The summed E-state index contributed by atoms with van der Waals surface area (Å²) in [5.41, 5.74) is 5.87. The van der Waals surface area contributed by atoms with Crippen molar-refractivity contribution in [3.05, 3.63) is 41.0 Å². The normalized spacial score (nSPS) is 9.94. The van der Waals surface area contributed by atoms with Gasteiger partial charge in [-0.3, -0.25) is 4.98 Å². The van der Waals surface area contributed by atoms with Crippen molar-refractivity contribution in [1.29, 1.82) is 0 Å². The van der Waals surface area contributed by atoms with Crippen molar-refractivity contribution >= 4 is 33.1 Å². The molecule has 0 saturated heterocycles. The Morgan fingerprint density at radius 2 is 2.06 bits per heavy atom. The van der Waals surface area contributed by atoms with Gasteiger partial charge in [-0.05, 0) is 22.0 Å². The largest absolute Gasteiger partial charge is 0.436 e. The average Bonchev–Trinajstić information content (AvgIpc) is 2.29. The number of hydrogen-bond donors (Lipinski definition) is 1. The van der Waals surface area contributed by atoms with Crippen LogP contribution in [0.25, 0.3) is 0 Å². The van der Waals surface area contributed by atoms with Crippen LogP contribution in [0.5, 0.6) is 11.6 Å². The third kappa shape index (κ3) is 3.18. The summed E-state index contributed by atoms with van der Waals surface area (Å²) in [5, 5.41) is 0. The lowest BCUT2D eigenvalue weighted by molar-refractivity contribution is 0.457. The van der Waals surface area contributed by atoms with Crippen LogP contribution in [0.2, 0.25) is 0 Å². The van der Waals surface area contributed by atoms with Gasteiger partial charge in [0.2, 0.25) is 5.88 Å². The zero-order valence-corrected chi connectivity index (χ0v) is 10.9. The topological polar surface area (TPSA) is 73.9 Å². The van der Waals surface area contributed by atoms with Gasteiger partial charge in [0.25, 0.3) is 0 Å². The Morgan fingerprint density at radius 1 is 1.24 bits per heavy atom. The number of nitrogens with two attached hydrogens (primary N) is 1. The number of thiocarbonyl (C=S) groups is 1. The molecule has 0 unspecified atom stereocenters. The van der Waals surface area contributed by atoms with E-state index in [2.05, 4.69) is 30.9 Å². The first-order chi connectivity index (χ1) is 8.15. The molecule has 2 rings (SSSR count). The van der Waals surface area contributed by atoms with Crippen molar-refractivity contribution in [3.8, 4) is 11.6 Å². The molecule has 2 N–H and O–H groups in total. The fraction of sp³-hybridized carbons (Fsp3) is 0. The molecule has 0 aliphatic rings. The highest BCUT2D eigenvalue weighted by atomic mass is 79.9. The predicted octanol–water partition coefficient (Wildman–Crippen LogP) is 2.06. The lowest BCUT2D eigenvalue weighted by Crippen LogP contribution is -2.11. The number of ether oxygens (including phenoxy) is 1. The molecule has 86 valence electrons. The van der Waals surface area contributed by atoms with E-state index in [4.69, 9.17) is 22.7 Å². The number of aromatic nitrogens is 3. The number of pyridine rings is 1. The summed E-state index contributed by atoms with van der Waals surface area (Å²) < 4.78 is 6.27. The molecule has 0 spiro atoms. The van der Waals surface area contributed by atoms with Crippen LogP contribution in [0, 0.1) is 0 Å². The Kier molecular flexibility index (Phi) is 3.60. The van der Waals surface area contributed by atoms with Crippen molar-refractivity contribution in [2.24, 2.45) is 5.73 Å². The van der Waals surface area contributed by atoms with Gasteiger partial charge in [0.1, 0.15) is 16.4 Å². The molecule has 17 heavy (non-hydrogen) atoms. The third-order valence-corrected chi connectivity index (χ3v) is 2.43. The fourth-order valence-corrected chi connectivity index (χ4v) is 1.51. The predicted molar refractivity (Wildman–Crippen MR) is 69.9 cm³/mol. The van der Waals surface area contributed by atoms with E-state index in [-0.39, 0.29) is 4.99 Å². The number of hydrogen-bond acceptors (Lipinski definition) is 5. The molecular formula is C10H7BrN4OS. The second-order valence-corrected chi connectivity index (χ2v) is 4.40. The van der Waals surface area contributed by atoms with Gasteiger partial charge in [-0.1, -0.05) is 12.2 Å². The lowest BCUT2D eigenvalue weighted by Gasteiger charge is -2.04. The van der Waals surface area contributed by atoms with E-state index in [9.17, 15) is 0 Å². The minimum atomic E-state index is 0.202. The second-order valence-electron chi connectivity index (χ2n) is 3.05. The zero-order valence-electron chi connectivity index (χ0n) is 8.50. The average molecular weight is 311 g/mol. The van der Waals surface area contributed by atoms with E-state index in [1.165, 1.54) is 12.4 Å². The summed E-state index contributed by atoms with van der Waals surface area (Å²) in [5.74, 6) is 0.918. The Morgan fingerprint density at radius 3 is 2.65 bits per heavy atom. The van der Waals surface area contributed by atoms with Gasteiger partial charge < -0.3 is 10.5 Å². The minimum Gasteiger partial charge on any atom is -0.436 e. The van der Waals surface area contributed by atoms with E-state index in [1.807, 2.05) is 0 Å². The molecule has 0 saturated carbocycles. The van der Waals surface area contributed by atoms with E-state index >= 15 is 0 Å². The summed E-state index contributed by atoms with van der Waals surface area (Å²) in [6.07, 6.45) is 6.15. The molecule has 0 bridgehead atoms. The van der Waals surface area contributed by atoms with Crippen LogP contribution < -0.4 is 10.5 Å². The molecular weight excluding hydrogens is 304 g/mol. The first kappa shape index (κ1) is 11.9. The van der Waals surface area contributed by atoms with E-state index < -0.39 is 0 Å². The van der Waals surface area contributed by atoms with E-state index in [1.54, 1.807) is 18.5 Å². The van der Waals surface area contributed by atoms with Gasteiger partial charge in [-0.15, -0.1) is 0 Å². The summed E-state index contributed by atoms with van der Waals surface area (Å²) >= 11 is 8.06. The Labute approximate surface area is 111 Å². The minimum absolute atomic E-state index is 0.202. The first-order valence-corrected chi connectivity index (χ1v) is 5.75. The van der Waals surface area contributed by atoms with Gasteiger partial charge in [0.15, 0.2) is 0 Å². The van der Waals surface area contributed by atoms with E-state index in [0.29, 0.717) is 17.3 Å². The van der Waals surface area contributed by atoms with Crippen molar-refractivity contribution < 1.29 is 4.74 Å². The monoisotopic (exact) mass is 310 g/mol. The standard InChI is InChI=1S/C10H7BrN4OS/c11-6-1-7(3-13-2-6)16-9-5-14-8(4-15-9)10(12)17/h1-5H,(H2,12,17). The van der Waals surface area contributed by atoms with Crippen molar-refractivity contribution in [2.75, 3.05) is 0 Å². The number of halogens is 1. The van der Waals surface area contributed by atoms with Crippen LogP contribution >= 0.6 is 28.1 Å². The smallest absolute Gasteiger partial charge is 0.237 e. The zero-order chi connectivity index (χ0) is 12.3. The highest BCUT2D eigenvalue weighted by Crippen LogP contribution is 2.20. The molecule has 5 nitrogen and oxygen atoms in total. The molecule has 2 aromatic rings. The maximum Gasteiger partial charge on any atom is 0.237 e. The lowest BCUT2D eigenvalue weighted by atomic mass is 10.4. The second kappa shape index (κ2) is 5.15. The van der Waals surface area contributed by atoms with Gasteiger partial charge in [0, 0.05) is 10.7 Å². The summed E-state index contributed by atoms with van der Waals surface area (Å²) in [6.45, 7) is 0. The Hall–Kier alpha value is -1.60. The summed E-state index contributed by atoms with van der Waals surface area (Å²) in [4.78, 5) is 12.2. The molecule has 0 amide bonds. The van der Waals surface area contributed by atoms with Gasteiger partial charge in [0.05, 0.1) is 18.6 Å². The van der Waals surface area contributed by atoms with Crippen molar-refractivity contribution in [3.63, 3.8) is 0 Å². The Bertz CT molecular complexity index is 546. The maximum absolute atomic E-state index is 5.44. The maximum atomic E-state index is 5.44. The highest BCUT2D eigenvalue weighted by molar-refractivity contribution is 9.10. The number of nitrogens with zero attached hydrogens (tertiary/aromatic N) is 3. The van der Waals surface area contributed by atoms with Crippen LogP contribution in [0.15, 0.2) is 35.3 Å². The van der Waals surface area contributed by atoms with Crippen LogP contribution in [-0.4, -0.2) is 19.9 Å². The molecule has 0 aromatic carbocycles. The van der Waals surface area contributed by atoms with Crippen LogP contribution in [0.3, 0.4) is 0 Å². The SMILES string of the molecule is NC(=S)c1cnc(Oc2cncc(Br)c2)cn1. The molecule has 0 atom stereocenters. The summed E-state index contributed by atoms with van der Waals surface area (Å²) in [6, 6.07) is 1.77. The van der Waals surface area contributed by atoms with Gasteiger partial charge in [-0.2, -0.15) is 0 Å². The van der Waals surface area contributed by atoms with Crippen LogP contribution in [-0.2, 0) is 0 Å². The molecule has 2 heterocycles. The highest BCUT2D eigenvalue weighted by Gasteiger charge is 2.02. The molecule has 0 aliphatic carbocycles. The first-order valence-electron chi connectivity index (χ1n) is 4.55. The summed E-state index contributed by atoms with van der Waals surface area (Å²) in [7, 11) is 0. The molecule has 0 radical (unpaired) electrons. The Balaban J connectivity index is 2.16. The van der Waals surface area contributed by atoms with Crippen LogP contribution in [0.4, 0.5) is 0 Å². The quantitative estimate of drug-likeness (QED) is 0.875. The molecule has 0 fully saturated rings. The number of rotatable bonds is 3. The molecule has 0 aliphatic heterocycles. The third-order valence-electron chi connectivity index (χ3n) is 1.78. The molecule has 7 heteroatoms. The van der Waals surface area contributed by atoms with Gasteiger partial charge >= 0.3 is 0 Å². The fourth-order valence-electron chi connectivity index (χ4n) is 1.07. The van der Waals surface area contributed by atoms with Crippen molar-refractivity contribution in [2.45, 2.75) is 0 Å². The van der Waals surface area contributed by atoms with Crippen LogP contribution in [0.1, 0.15) is 5.69 Å². The van der Waals surface area contributed by atoms with E-state index in [0.717, 1.165) is 4.47 Å². The van der Waals surface area contributed by atoms with Crippen molar-refractivity contribution in [1.82, 2.24) is 15.0 Å².